The monoisotopic (exact) mass is 268 g/mol. The largest absolute Gasteiger partial charge is 0.379 e. The molecule has 1 aliphatic heterocycles. The van der Waals surface area contributed by atoms with E-state index in [-0.39, 0.29) is 23.9 Å². The molecule has 18 heavy (non-hydrogen) atoms. The van der Waals surface area contributed by atoms with Gasteiger partial charge in [-0.05, 0) is 17.9 Å². The van der Waals surface area contributed by atoms with Gasteiger partial charge in [0.2, 0.25) is 5.91 Å². The Bertz CT molecular complexity index is 380. The molecule has 0 spiro atoms. The van der Waals surface area contributed by atoms with Gasteiger partial charge in [0.15, 0.2) is 0 Å². The van der Waals surface area contributed by atoms with Gasteiger partial charge in [0.25, 0.3) is 0 Å². The van der Waals surface area contributed by atoms with Gasteiger partial charge in [0, 0.05) is 10.9 Å². The van der Waals surface area contributed by atoms with E-state index >= 15 is 0 Å². The number of hydrogen-bond acceptors (Lipinski definition) is 4. The van der Waals surface area contributed by atoms with Crippen LogP contribution in [0.2, 0.25) is 0 Å². The van der Waals surface area contributed by atoms with Crippen LogP contribution in [0.4, 0.5) is 0 Å². The topological polar surface area (TPSA) is 64.3 Å². The maximum absolute atomic E-state index is 12.2. The summed E-state index contributed by atoms with van der Waals surface area (Å²) in [6.07, 6.45) is 1.99. The van der Waals surface area contributed by atoms with Crippen molar-refractivity contribution < 1.29 is 9.53 Å². The van der Waals surface area contributed by atoms with Crippen molar-refractivity contribution in [2.75, 3.05) is 13.2 Å². The van der Waals surface area contributed by atoms with Crippen LogP contribution >= 0.6 is 11.3 Å². The molecule has 4 nitrogen and oxygen atoms in total. The molecule has 2 heterocycles. The molecule has 1 fully saturated rings. The smallest absolute Gasteiger partial charge is 0.227 e. The van der Waals surface area contributed by atoms with Gasteiger partial charge in [0.05, 0.1) is 25.2 Å². The van der Waals surface area contributed by atoms with E-state index in [1.54, 1.807) is 11.3 Å². The molecular formula is C13H20N2O2S. The molecule has 0 aliphatic carbocycles. The predicted molar refractivity (Wildman–Crippen MR) is 72.4 cm³/mol. The van der Waals surface area contributed by atoms with Crippen molar-refractivity contribution in [2.24, 2.45) is 11.7 Å². The molecule has 1 aliphatic rings. The summed E-state index contributed by atoms with van der Waals surface area (Å²) in [4.78, 5) is 13.4. The molecule has 1 aromatic rings. The van der Waals surface area contributed by atoms with Crippen molar-refractivity contribution in [2.45, 2.75) is 31.8 Å². The van der Waals surface area contributed by atoms with Crippen LogP contribution < -0.4 is 11.1 Å². The molecule has 3 unspecified atom stereocenters. The number of rotatable bonds is 5. The number of ether oxygens (including phenoxy) is 1. The molecule has 1 amide bonds. The third-order valence-corrected chi connectivity index (χ3v) is 4.23. The van der Waals surface area contributed by atoms with Crippen molar-refractivity contribution in [3.8, 4) is 0 Å². The highest BCUT2D eigenvalue weighted by atomic mass is 32.1. The average Bonchev–Trinajstić information content (AvgIpc) is 2.98. The Morgan fingerprint density at radius 1 is 1.67 bits per heavy atom. The zero-order chi connectivity index (χ0) is 13.0. The Balaban J connectivity index is 1.98. The number of carbonyl (C=O) groups excluding carboxylic acids is 1. The lowest BCUT2D eigenvalue weighted by Crippen LogP contribution is -2.42. The average molecular weight is 268 g/mol. The second kappa shape index (κ2) is 6.31. The highest BCUT2D eigenvalue weighted by molar-refractivity contribution is 7.10. The molecule has 3 N–H and O–H groups in total. The van der Waals surface area contributed by atoms with Crippen LogP contribution in [-0.2, 0) is 9.53 Å². The Hall–Kier alpha value is -0.910. The minimum Gasteiger partial charge on any atom is -0.379 e. The maximum atomic E-state index is 12.2. The number of hydrogen-bond donors (Lipinski definition) is 2. The van der Waals surface area contributed by atoms with E-state index in [0.29, 0.717) is 13.2 Å². The van der Waals surface area contributed by atoms with Crippen molar-refractivity contribution in [3.63, 3.8) is 0 Å². The van der Waals surface area contributed by atoms with Crippen LogP contribution in [-0.4, -0.2) is 25.2 Å². The fraction of sp³-hybridized carbons (Fsp3) is 0.615. The molecule has 2 rings (SSSR count). The highest BCUT2D eigenvalue weighted by Gasteiger charge is 2.32. The second-order valence-electron chi connectivity index (χ2n) is 4.67. The van der Waals surface area contributed by atoms with Crippen LogP contribution in [0.5, 0.6) is 0 Å². The standard InChI is InChI=1S/C13H20N2O2S/c1-2-4-11(12-5-3-6-18-12)15-13(16)9-7-17-8-10(9)14/h3,5-6,9-11H,2,4,7-8,14H2,1H3,(H,15,16). The highest BCUT2D eigenvalue weighted by Crippen LogP contribution is 2.24. The van der Waals surface area contributed by atoms with Gasteiger partial charge in [0.1, 0.15) is 0 Å². The lowest BCUT2D eigenvalue weighted by molar-refractivity contribution is -0.126. The number of nitrogens with two attached hydrogens (primary N) is 1. The first-order valence-electron chi connectivity index (χ1n) is 6.39. The van der Waals surface area contributed by atoms with E-state index in [9.17, 15) is 4.79 Å². The first-order valence-corrected chi connectivity index (χ1v) is 7.27. The van der Waals surface area contributed by atoms with E-state index in [2.05, 4.69) is 18.3 Å². The van der Waals surface area contributed by atoms with Crippen LogP contribution in [0, 0.1) is 5.92 Å². The van der Waals surface area contributed by atoms with Crippen LogP contribution in [0.3, 0.4) is 0 Å². The van der Waals surface area contributed by atoms with Gasteiger partial charge in [-0.25, -0.2) is 0 Å². The maximum Gasteiger partial charge on any atom is 0.227 e. The molecule has 0 bridgehead atoms. The fourth-order valence-electron chi connectivity index (χ4n) is 2.18. The number of nitrogens with one attached hydrogen (secondary N) is 1. The SMILES string of the molecule is CCCC(NC(=O)C1COCC1N)c1cccs1. The molecular weight excluding hydrogens is 248 g/mol. The Morgan fingerprint density at radius 3 is 3.06 bits per heavy atom. The fourth-order valence-corrected chi connectivity index (χ4v) is 3.00. The quantitative estimate of drug-likeness (QED) is 0.854. The minimum absolute atomic E-state index is 0.0202. The van der Waals surface area contributed by atoms with Gasteiger partial charge >= 0.3 is 0 Å². The summed E-state index contributed by atoms with van der Waals surface area (Å²) in [5.74, 6) is -0.184. The van der Waals surface area contributed by atoms with Gasteiger partial charge in [-0.3, -0.25) is 4.79 Å². The normalized spacial score (nSPS) is 25.0. The summed E-state index contributed by atoms with van der Waals surface area (Å²) in [5.41, 5.74) is 5.87. The van der Waals surface area contributed by atoms with Gasteiger partial charge in [-0.15, -0.1) is 11.3 Å². The first kappa shape index (κ1) is 13.5. The minimum atomic E-state index is -0.204. The molecule has 1 saturated heterocycles. The van der Waals surface area contributed by atoms with Gasteiger partial charge < -0.3 is 15.8 Å². The lowest BCUT2D eigenvalue weighted by atomic mass is 10.0. The third kappa shape index (κ3) is 3.10. The Morgan fingerprint density at radius 2 is 2.50 bits per heavy atom. The Labute approximate surface area is 112 Å². The van der Waals surface area contributed by atoms with E-state index in [4.69, 9.17) is 10.5 Å². The zero-order valence-corrected chi connectivity index (χ0v) is 11.4. The summed E-state index contributed by atoms with van der Waals surface area (Å²) >= 11 is 1.68. The number of amides is 1. The number of thiophene rings is 1. The summed E-state index contributed by atoms with van der Waals surface area (Å²) in [5, 5.41) is 5.14. The lowest BCUT2D eigenvalue weighted by Gasteiger charge is -2.20. The summed E-state index contributed by atoms with van der Waals surface area (Å²) in [6.45, 7) is 3.04. The van der Waals surface area contributed by atoms with Crippen molar-refractivity contribution in [3.05, 3.63) is 22.4 Å². The van der Waals surface area contributed by atoms with Crippen LogP contribution in [0.15, 0.2) is 17.5 Å². The van der Waals surface area contributed by atoms with Crippen LogP contribution in [0.25, 0.3) is 0 Å². The van der Waals surface area contributed by atoms with E-state index < -0.39 is 0 Å². The van der Waals surface area contributed by atoms with Crippen molar-refractivity contribution in [1.29, 1.82) is 0 Å². The molecule has 1 aromatic heterocycles. The molecule has 0 radical (unpaired) electrons. The second-order valence-corrected chi connectivity index (χ2v) is 5.65. The predicted octanol–water partition coefficient (Wildman–Crippen LogP) is 1.68. The molecule has 100 valence electrons. The van der Waals surface area contributed by atoms with E-state index in [1.807, 2.05) is 11.4 Å². The van der Waals surface area contributed by atoms with Gasteiger partial charge in [-0.2, -0.15) is 0 Å². The van der Waals surface area contributed by atoms with Crippen molar-refractivity contribution in [1.82, 2.24) is 5.32 Å². The molecule has 0 aromatic carbocycles. The summed E-state index contributed by atoms with van der Waals surface area (Å²) < 4.78 is 5.24. The number of carbonyl (C=O) groups is 1. The first-order chi connectivity index (χ1) is 8.72. The molecule has 3 atom stereocenters. The van der Waals surface area contributed by atoms with Gasteiger partial charge in [-0.1, -0.05) is 19.4 Å². The Kier molecular flexibility index (Phi) is 4.74. The third-order valence-electron chi connectivity index (χ3n) is 3.24. The van der Waals surface area contributed by atoms with E-state index in [1.165, 1.54) is 4.88 Å². The molecule has 5 heteroatoms. The van der Waals surface area contributed by atoms with Crippen LogP contribution in [0.1, 0.15) is 30.7 Å². The summed E-state index contributed by atoms with van der Waals surface area (Å²) in [7, 11) is 0. The zero-order valence-electron chi connectivity index (χ0n) is 10.6. The summed E-state index contributed by atoms with van der Waals surface area (Å²) in [6, 6.07) is 4.01. The van der Waals surface area contributed by atoms with E-state index in [0.717, 1.165) is 12.8 Å². The van der Waals surface area contributed by atoms with Crippen molar-refractivity contribution >= 4 is 17.2 Å². The molecule has 0 saturated carbocycles.